The number of benzene rings is 1. The Bertz CT molecular complexity index is 515. The highest BCUT2D eigenvalue weighted by Crippen LogP contribution is 2.25. The SMILES string of the molecule is CCC1CCC(C)N1CC(=O)Nc1ccc(C(N)=S)cc1. The minimum Gasteiger partial charge on any atom is -0.389 e. The molecule has 2 unspecified atom stereocenters. The molecule has 0 spiro atoms. The van der Waals surface area contributed by atoms with Gasteiger partial charge >= 0.3 is 0 Å². The van der Waals surface area contributed by atoms with E-state index in [9.17, 15) is 4.79 Å². The van der Waals surface area contributed by atoms with Crippen LogP contribution in [-0.2, 0) is 4.79 Å². The lowest BCUT2D eigenvalue weighted by atomic mass is 10.1. The van der Waals surface area contributed by atoms with Crippen LogP contribution in [0.25, 0.3) is 0 Å². The highest BCUT2D eigenvalue weighted by atomic mass is 32.1. The van der Waals surface area contributed by atoms with E-state index in [-0.39, 0.29) is 5.91 Å². The third-order valence-corrected chi connectivity index (χ3v) is 4.44. The normalized spacial score (nSPS) is 22.2. The molecule has 1 amide bonds. The molecule has 0 saturated carbocycles. The maximum Gasteiger partial charge on any atom is 0.238 e. The first kappa shape index (κ1) is 15.9. The quantitative estimate of drug-likeness (QED) is 0.821. The second kappa shape index (κ2) is 7.00. The number of carbonyl (C=O) groups is 1. The molecule has 5 heteroatoms. The summed E-state index contributed by atoms with van der Waals surface area (Å²) >= 11 is 4.91. The third kappa shape index (κ3) is 4.02. The van der Waals surface area contributed by atoms with Gasteiger partial charge in [-0.1, -0.05) is 19.1 Å². The maximum absolute atomic E-state index is 12.2. The van der Waals surface area contributed by atoms with Crippen LogP contribution in [0.5, 0.6) is 0 Å². The number of carbonyl (C=O) groups excluding carboxylic acids is 1. The maximum atomic E-state index is 12.2. The minimum atomic E-state index is 0.0327. The van der Waals surface area contributed by atoms with Gasteiger partial charge in [0.15, 0.2) is 0 Å². The number of anilines is 1. The van der Waals surface area contributed by atoms with Crippen LogP contribution in [-0.4, -0.2) is 34.4 Å². The summed E-state index contributed by atoms with van der Waals surface area (Å²) in [4.78, 5) is 14.9. The topological polar surface area (TPSA) is 58.4 Å². The van der Waals surface area contributed by atoms with Crippen LogP contribution in [0.15, 0.2) is 24.3 Å². The van der Waals surface area contributed by atoms with Crippen molar-refractivity contribution < 1.29 is 4.79 Å². The van der Waals surface area contributed by atoms with Gasteiger partial charge in [-0.3, -0.25) is 9.69 Å². The van der Waals surface area contributed by atoms with E-state index >= 15 is 0 Å². The van der Waals surface area contributed by atoms with Gasteiger partial charge in [-0.05, 0) is 50.5 Å². The van der Waals surface area contributed by atoms with E-state index in [1.165, 1.54) is 12.8 Å². The second-order valence-corrected chi connectivity index (χ2v) is 6.09. The zero-order valence-electron chi connectivity index (χ0n) is 12.6. The Balaban J connectivity index is 1.93. The molecule has 1 aromatic rings. The summed E-state index contributed by atoms with van der Waals surface area (Å²) in [5, 5.41) is 2.94. The van der Waals surface area contributed by atoms with Crippen LogP contribution in [0.4, 0.5) is 5.69 Å². The molecule has 0 bridgehead atoms. The van der Waals surface area contributed by atoms with Crippen LogP contribution in [0.1, 0.15) is 38.7 Å². The Hall–Kier alpha value is -1.46. The van der Waals surface area contributed by atoms with E-state index in [1.807, 2.05) is 24.3 Å². The van der Waals surface area contributed by atoms with Crippen LogP contribution < -0.4 is 11.1 Å². The predicted octanol–water partition coefficient (Wildman–Crippen LogP) is 2.52. The van der Waals surface area contributed by atoms with E-state index in [2.05, 4.69) is 24.1 Å². The second-order valence-electron chi connectivity index (χ2n) is 5.65. The molecule has 0 radical (unpaired) electrons. The Morgan fingerprint density at radius 3 is 2.62 bits per heavy atom. The fourth-order valence-electron chi connectivity index (χ4n) is 2.93. The summed E-state index contributed by atoms with van der Waals surface area (Å²) in [6, 6.07) is 8.32. The van der Waals surface area contributed by atoms with Crippen LogP contribution in [0.3, 0.4) is 0 Å². The average Bonchev–Trinajstić information content (AvgIpc) is 2.80. The largest absolute Gasteiger partial charge is 0.389 e. The molecule has 1 aromatic carbocycles. The van der Waals surface area contributed by atoms with Gasteiger partial charge in [-0.25, -0.2) is 0 Å². The van der Waals surface area contributed by atoms with Crippen molar-refractivity contribution in [3.8, 4) is 0 Å². The highest BCUT2D eigenvalue weighted by Gasteiger charge is 2.30. The van der Waals surface area contributed by atoms with E-state index in [0.29, 0.717) is 23.6 Å². The molecule has 21 heavy (non-hydrogen) atoms. The van der Waals surface area contributed by atoms with Crippen LogP contribution in [0, 0.1) is 0 Å². The molecule has 1 heterocycles. The van der Waals surface area contributed by atoms with Crippen molar-refractivity contribution in [2.24, 2.45) is 5.73 Å². The summed E-state index contributed by atoms with van der Waals surface area (Å²) < 4.78 is 0. The number of likely N-dealkylation sites (tertiary alicyclic amines) is 1. The number of nitrogens with one attached hydrogen (secondary N) is 1. The first-order chi connectivity index (χ1) is 10.0. The van der Waals surface area contributed by atoms with Gasteiger partial charge in [0.05, 0.1) is 6.54 Å². The lowest BCUT2D eigenvalue weighted by Gasteiger charge is -2.26. The van der Waals surface area contributed by atoms with Crippen molar-refractivity contribution in [3.63, 3.8) is 0 Å². The van der Waals surface area contributed by atoms with Crippen molar-refractivity contribution in [1.82, 2.24) is 4.90 Å². The summed E-state index contributed by atoms with van der Waals surface area (Å²) in [7, 11) is 0. The number of rotatable bonds is 5. The molecule has 1 aliphatic heterocycles. The van der Waals surface area contributed by atoms with Crippen molar-refractivity contribution in [2.45, 2.75) is 45.2 Å². The smallest absolute Gasteiger partial charge is 0.238 e. The zero-order valence-corrected chi connectivity index (χ0v) is 13.5. The fourth-order valence-corrected chi connectivity index (χ4v) is 3.07. The Morgan fingerprint density at radius 2 is 2.05 bits per heavy atom. The lowest BCUT2D eigenvalue weighted by Crippen LogP contribution is -2.40. The molecule has 3 N–H and O–H groups in total. The number of hydrogen-bond donors (Lipinski definition) is 2. The van der Waals surface area contributed by atoms with E-state index < -0.39 is 0 Å². The van der Waals surface area contributed by atoms with Crippen LogP contribution in [0.2, 0.25) is 0 Å². The van der Waals surface area contributed by atoms with Gasteiger partial charge < -0.3 is 11.1 Å². The number of amides is 1. The standard InChI is InChI=1S/C16H23N3OS/c1-3-14-9-4-11(2)19(14)10-15(20)18-13-7-5-12(6-8-13)16(17)21/h5-8,11,14H,3-4,9-10H2,1-2H3,(H2,17,21)(H,18,20). The summed E-state index contributed by atoms with van der Waals surface area (Å²) in [6.07, 6.45) is 3.46. The molecule has 4 nitrogen and oxygen atoms in total. The molecular weight excluding hydrogens is 282 g/mol. The summed E-state index contributed by atoms with van der Waals surface area (Å²) in [5.41, 5.74) is 7.14. The number of thiocarbonyl (C=S) groups is 1. The van der Waals surface area contributed by atoms with Crippen molar-refractivity contribution in [2.75, 3.05) is 11.9 Å². The number of nitrogens with two attached hydrogens (primary N) is 1. The highest BCUT2D eigenvalue weighted by molar-refractivity contribution is 7.80. The molecule has 114 valence electrons. The molecule has 1 fully saturated rings. The monoisotopic (exact) mass is 305 g/mol. The Kier molecular flexibility index (Phi) is 5.31. The Labute approximate surface area is 131 Å². The Morgan fingerprint density at radius 1 is 1.38 bits per heavy atom. The molecular formula is C16H23N3OS. The minimum absolute atomic E-state index is 0.0327. The molecule has 0 aromatic heterocycles. The summed E-state index contributed by atoms with van der Waals surface area (Å²) in [5.74, 6) is 0.0327. The number of nitrogens with zero attached hydrogens (tertiary/aromatic N) is 1. The van der Waals surface area contributed by atoms with Crippen molar-refractivity contribution in [1.29, 1.82) is 0 Å². The van der Waals surface area contributed by atoms with Gasteiger partial charge in [0.2, 0.25) is 5.91 Å². The van der Waals surface area contributed by atoms with Gasteiger partial charge in [-0.2, -0.15) is 0 Å². The predicted molar refractivity (Wildman–Crippen MR) is 90.4 cm³/mol. The van der Waals surface area contributed by atoms with Crippen LogP contribution >= 0.6 is 12.2 Å². The lowest BCUT2D eigenvalue weighted by molar-refractivity contribution is -0.118. The fraction of sp³-hybridized carbons (Fsp3) is 0.500. The van der Waals surface area contributed by atoms with Crippen molar-refractivity contribution >= 4 is 28.8 Å². The molecule has 1 aliphatic rings. The van der Waals surface area contributed by atoms with Gasteiger partial charge in [-0.15, -0.1) is 0 Å². The molecule has 2 rings (SSSR count). The van der Waals surface area contributed by atoms with E-state index in [1.54, 1.807) is 0 Å². The van der Waals surface area contributed by atoms with E-state index in [4.69, 9.17) is 18.0 Å². The van der Waals surface area contributed by atoms with Crippen molar-refractivity contribution in [3.05, 3.63) is 29.8 Å². The van der Waals surface area contributed by atoms with Gasteiger partial charge in [0.25, 0.3) is 0 Å². The third-order valence-electron chi connectivity index (χ3n) is 4.20. The van der Waals surface area contributed by atoms with Gasteiger partial charge in [0, 0.05) is 23.3 Å². The first-order valence-electron chi connectivity index (χ1n) is 7.46. The molecule has 2 atom stereocenters. The summed E-state index contributed by atoms with van der Waals surface area (Å²) in [6.45, 7) is 4.83. The first-order valence-corrected chi connectivity index (χ1v) is 7.87. The van der Waals surface area contributed by atoms with E-state index in [0.717, 1.165) is 17.7 Å². The number of hydrogen-bond acceptors (Lipinski definition) is 3. The zero-order chi connectivity index (χ0) is 15.4. The molecule has 0 aliphatic carbocycles. The molecule has 1 saturated heterocycles. The van der Waals surface area contributed by atoms with Gasteiger partial charge in [0.1, 0.15) is 4.99 Å². The average molecular weight is 305 g/mol.